The first kappa shape index (κ1) is 12.2. The first-order valence-electron chi connectivity index (χ1n) is 4.99. The smallest absolute Gasteiger partial charge is 0.0920 e. The number of hydrogen-bond acceptors (Lipinski definition) is 0. The molecule has 3 N–H and O–H groups in total. The molecule has 1 nitrogen and oxygen atoms in total. The van der Waals surface area contributed by atoms with E-state index in [0.29, 0.717) is 5.54 Å². The zero-order valence-corrected chi connectivity index (χ0v) is 9.16. The summed E-state index contributed by atoms with van der Waals surface area (Å²) in [5.41, 5.74) is 4.66. The summed E-state index contributed by atoms with van der Waals surface area (Å²) < 4.78 is 0. The van der Waals surface area contributed by atoms with Crippen LogP contribution in [0.25, 0.3) is 0 Å². The minimum absolute atomic E-state index is 0. The molecule has 0 aromatic rings. The molecule has 1 rings (SSSR count). The van der Waals surface area contributed by atoms with Crippen molar-refractivity contribution in [1.82, 2.24) is 0 Å². The van der Waals surface area contributed by atoms with Crippen molar-refractivity contribution in [2.75, 3.05) is 0 Å². The van der Waals surface area contributed by atoms with E-state index in [1.165, 1.54) is 38.5 Å². The van der Waals surface area contributed by atoms with Crippen molar-refractivity contribution < 1.29 is 18.1 Å². The van der Waals surface area contributed by atoms with E-state index in [0.717, 1.165) is 5.92 Å². The van der Waals surface area contributed by atoms with Crippen LogP contribution in [-0.2, 0) is 0 Å². The van der Waals surface area contributed by atoms with Gasteiger partial charge in [0, 0.05) is 12.8 Å². The van der Waals surface area contributed by atoms with Crippen molar-refractivity contribution in [2.45, 2.75) is 57.9 Å². The Kier molecular flexibility index (Phi) is 5.19. The van der Waals surface area contributed by atoms with Gasteiger partial charge in [-0.15, -0.1) is 0 Å². The second-order valence-corrected chi connectivity index (χ2v) is 4.56. The number of rotatable bonds is 2. The van der Waals surface area contributed by atoms with E-state index in [4.69, 9.17) is 0 Å². The van der Waals surface area contributed by atoms with Crippen molar-refractivity contribution in [3.05, 3.63) is 0 Å². The van der Waals surface area contributed by atoms with E-state index >= 15 is 0 Å². The predicted octanol–water partition coefficient (Wildman–Crippen LogP) is -1.02. The molecule has 1 fully saturated rings. The monoisotopic (exact) mass is 191 g/mol. The average molecular weight is 192 g/mol. The summed E-state index contributed by atoms with van der Waals surface area (Å²) in [4.78, 5) is 0. The van der Waals surface area contributed by atoms with E-state index in [9.17, 15) is 0 Å². The highest BCUT2D eigenvalue weighted by atomic mass is 35.5. The highest BCUT2D eigenvalue weighted by Gasteiger charge is 2.30. The van der Waals surface area contributed by atoms with Crippen LogP contribution in [-0.4, -0.2) is 5.54 Å². The number of halogens is 1. The summed E-state index contributed by atoms with van der Waals surface area (Å²) in [6.07, 6.45) is 8.34. The molecule has 1 saturated carbocycles. The molecule has 0 unspecified atom stereocenters. The normalized spacial score (nSPS) is 35.8. The summed E-state index contributed by atoms with van der Waals surface area (Å²) >= 11 is 0. The molecule has 12 heavy (non-hydrogen) atoms. The quantitative estimate of drug-likeness (QED) is 0.579. The molecule has 0 spiro atoms. The minimum atomic E-state index is 0. The van der Waals surface area contributed by atoms with Crippen molar-refractivity contribution >= 4 is 0 Å². The van der Waals surface area contributed by atoms with E-state index < -0.39 is 0 Å². The van der Waals surface area contributed by atoms with E-state index in [1.54, 1.807) is 0 Å². The van der Waals surface area contributed by atoms with Gasteiger partial charge in [0.05, 0.1) is 5.54 Å². The van der Waals surface area contributed by atoms with Crippen LogP contribution in [0.4, 0.5) is 0 Å². The second-order valence-electron chi connectivity index (χ2n) is 4.56. The van der Waals surface area contributed by atoms with Crippen molar-refractivity contribution in [1.29, 1.82) is 0 Å². The van der Waals surface area contributed by atoms with Gasteiger partial charge in [0.15, 0.2) is 0 Å². The molecule has 74 valence electrons. The maximum Gasteiger partial charge on any atom is 0.0920 e. The Morgan fingerprint density at radius 1 is 1.50 bits per heavy atom. The Morgan fingerprint density at radius 2 is 2.17 bits per heavy atom. The second kappa shape index (κ2) is 5.08. The maximum absolute atomic E-state index is 4.26. The van der Waals surface area contributed by atoms with Crippen LogP contribution in [0.1, 0.15) is 52.4 Å². The summed E-state index contributed by atoms with van der Waals surface area (Å²) in [5.74, 6) is 0.983. The van der Waals surface area contributed by atoms with Gasteiger partial charge in [0.2, 0.25) is 0 Å². The highest BCUT2D eigenvalue weighted by molar-refractivity contribution is 4.80. The highest BCUT2D eigenvalue weighted by Crippen LogP contribution is 2.31. The van der Waals surface area contributed by atoms with Crippen molar-refractivity contribution in [2.24, 2.45) is 5.92 Å². The molecule has 0 aliphatic heterocycles. The lowest BCUT2D eigenvalue weighted by atomic mass is 9.76. The molecule has 0 radical (unpaired) electrons. The Balaban J connectivity index is 0.00000121. The Labute approximate surface area is 82.5 Å². The first-order chi connectivity index (χ1) is 5.14. The maximum atomic E-state index is 4.26. The van der Waals surface area contributed by atoms with Crippen molar-refractivity contribution in [3.8, 4) is 0 Å². The van der Waals surface area contributed by atoms with Crippen molar-refractivity contribution in [3.63, 3.8) is 0 Å². The summed E-state index contributed by atoms with van der Waals surface area (Å²) in [5, 5.41) is 0. The van der Waals surface area contributed by atoms with Gasteiger partial charge in [-0.1, -0.05) is 19.8 Å². The van der Waals surface area contributed by atoms with Gasteiger partial charge in [-0.25, -0.2) is 0 Å². The van der Waals surface area contributed by atoms with Gasteiger partial charge in [-0.3, -0.25) is 0 Å². The molecule has 0 saturated heterocycles. The van der Waals surface area contributed by atoms with E-state index in [-0.39, 0.29) is 12.4 Å². The Morgan fingerprint density at radius 3 is 2.67 bits per heavy atom. The standard InChI is InChI=1S/C10H21N.ClH/c1-3-5-9-6-4-7-10(2,11)8-9;/h9H,3-8,11H2,1-2H3;1H/t9-,10+;/m1./s1. The number of quaternary nitrogens is 1. The molecule has 1 aliphatic rings. The fraction of sp³-hybridized carbons (Fsp3) is 1.00. The molecule has 1 aliphatic carbocycles. The van der Waals surface area contributed by atoms with Gasteiger partial charge < -0.3 is 18.1 Å². The molecule has 2 heteroatoms. The lowest BCUT2D eigenvalue weighted by Gasteiger charge is -2.31. The summed E-state index contributed by atoms with van der Waals surface area (Å²) in [7, 11) is 0. The van der Waals surface area contributed by atoms with Gasteiger partial charge in [0.25, 0.3) is 0 Å². The van der Waals surface area contributed by atoms with Crippen LogP contribution in [0.15, 0.2) is 0 Å². The molecular formula is C10H22ClN. The molecule has 0 heterocycles. The van der Waals surface area contributed by atoms with Gasteiger partial charge in [-0.05, 0) is 25.7 Å². The van der Waals surface area contributed by atoms with Crippen LogP contribution >= 0.6 is 0 Å². The first-order valence-corrected chi connectivity index (χ1v) is 4.99. The van der Waals surface area contributed by atoms with Crippen LogP contribution in [0.3, 0.4) is 0 Å². The number of hydrogen-bond donors (Lipinski definition) is 1. The van der Waals surface area contributed by atoms with Crippen LogP contribution < -0.4 is 18.1 Å². The molecular weight excluding hydrogens is 170 g/mol. The topological polar surface area (TPSA) is 27.6 Å². The van der Waals surface area contributed by atoms with Crippen LogP contribution in [0.5, 0.6) is 0 Å². The van der Waals surface area contributed by atoms with E-state index in [2.05, 4.69) is 19.6 Å². The van der Waals surface area contributed by atoms with Crippen LogP contribution in [0.2, 0.25) is 0 Å². The predicted molar refractivity (Wildman–Crippen MR) is 48.2 cm³/mol. The average Bonchev–Trinajstić information content (AvgIpc) is 1.85. The largest absolute Gasteiger partial charge is 1.00 e. The van der Waals surface area contributed by atoms with E-state index in [1.807, 2.05) is 0 Å². The van der Waals surface area contributed by atoms with Gasteiger partial charge in [-0.2, -0.15) is 0 Å². The lowest BCUT2D eigenvalue weighted by Crippen LogP contribution is -3.00. The zero-order chi connectivity index (χ0) is 8.32. The molecule has 0 aromatic heterocycles. The van der Waals surface area contributed by atoms with Gasteiger partial charge >= 0.3 is 0 Å². The fourth-order valence-corrected chi connectivity index (χ4v) is 2.37. The third-order valence-electron chi connectivity index (χ3n) is 2.87. The zero-order valence-electron chi connectivity index (χ0n) is 8.41. The summed E-state index contributed by atoms with van der Waals surface area (Å²) in [6.45, 7) is 4.60. The van der Waals surface area contributed by atoms with Crippen LogP contribution in [0, 0.1) is 5.92 Å². The molecule has 0 amide bonds. The molecule has 2 atom stereocenters. The minimum Gasteiger partial charge on any atom is -1.00 e. The fourth-order valence-electron chi connectivity index (χ4n) is 2.37. The summed E-state index contributed by atoms with van der Waals surface area (Å²) in [6, 6.07) is 0. The lowest BCUT2D eigenvalue weighted by molar-refractivity contribution is -0.481. The molecule has 0 aromatic carbocycles. The Bertz CT molecular complexity index is 121. The molecule has 0 bridgehead atoms. The third-order valence-corrected chi connectivity index (χ3v) is 2.87. The SMILES string of the molecule is CCC[C@@H]1CCC[C@](C)([NH3+])C1.[Cl-]. The van der Waals surface area contributed by atoms with Gasteiger partial charge in [0.1, 0.15) is 0 Å². The third kappa shape index (κ3) is 3.77. The Hall–Kier alpha value is 0.250.